The van der Waals surface area contributed by atoms with E-state index in [9.17, 15) is 13.2 Å². The van der Waals surface area contributed by atoms with Gasteiger partial charge in [-0.1, -0.05) is 45.0 Å². The minimum atomic E-state index is -3.68. The third-order valence-electron chi connectivity index (χ3n) is 5.13. The topological polar surface area (TPSA) is 75.7 Å². The average Bonchev–Trinajstić information content (AvgIpc) is 2.68. The number of nitrogens with zero attached hydrogens (tertiary/aromatic N) is 1. The lowest BCUT2D eigenvalue weighted by Crippen LogP contribution is -2.48. The summed E-state index contributed by atoms with van der Waals surface area (Å²) < 4.78 is 31.5. The quantitative estimate of drug-likeness (QED) is 0.651. The van der Waals surface area contributed by atoms with Crippen molar-refractivity contribution in [3.8, 4) is 5.75 Å². The highest BCUT2D eigenvalue weighted by Crippen LogP contribution is 2.26. The monoisotopic (exact) mass is 446 g/mol. The molecule has 0 unspecified atom stereocenters. The molecule has 2 aromatic rings. The van der Waals surface area contributed by atoms with Crippen LogP contribution >= 0.6 is 0 Å². The van der Waals surface area contributed by atoms with Crippen LogP contribution < -0.4 is 14.4 Å². The zero-order valence-corrected chi connectivity index (χ0v) is 20.3. The van der Waals surface area contributed by atoms with Crippen molar-refractivity contribution in [1.82, 2.24) is 5.32 Å². The summed E-state index contributed by atoms with van der Waals surface area (Å²) in [5.41, 5.74) is 2.63. The molecular formula is C24H34N2O4S. The minimum Gasteiger partial charge on any atom is -0.494 e. The van der Waals surface area contributed by atoms with E-state index in [1.54, 1.807) is 31.2 Å². The molecule has 170 valence electrons. The molecule has 2 atom stereocenters. The molecule has 1 amide bonds. The summed E-state index contributed by atoms with van der Waals surface area (Å²) in [4.78, 5) is 12.9. The molecule has 6 nitrogen and oxygen atoms in total. The van der Waals surface area contributed by atoms with E-state index in [4.69, 9.17) is 4.74 Å². The van der Waals surface area contributed by atoms with Crippen molar-refractivity contribution in [3.05, 3.63) is 59.7 Å². The Hall–Kier alpha value is -2.54. The Labute approximate surface area is 186 Å². The molecule has 0 bridgehead atoms. The van der Waals surface area contributed by atoms with Crippen molar-refractivity contribution in [1.29, 1.82) is 0 Å². The van der Waals surface area contributed by atoms with E-state index in [1.807, 2.05) is 26.0 Å². The molecular weight excluding hydrogens is 412 g/mol. The van der Waals surface area contributed by atoms with Gasteiger partial charge in [0.25, 0.3) is 0 Å². The molecule has 7 heteroatoms. The predicted octanol–water partition coefficient (Wildman–Crippen LogP) is 4.41. The second-order valence-corrected chi connectivity index (χ2v) is 10.6. The summed E-state index contributed by atoms with van der Waals surface area (Å²) >= 11 is 0. The fraction of sp³-hybridized carbons (Fsp3) is 0.458. The number of carbonyl (C=O) groups excluding carboxylic acids is 1. The summed E-state index contributed by atoms with van der Waals surface area (Å²) in [7, 11) is -3.68. The van der Waals surface area contributed by atoms with E-state index in [1.165, 1.54) is 5.56 Å². The highest BCUT2D eigenvalue weighted by molar-refractivity contribution is 7.92. The first kappa shape index (κ1) is 24.7. The van der Waals surface area contributed by atoms with Gasteiger partial charge in [-0.15, -0.1) is 0 Å². The lowest BCUT2D eigenvalue weighted by atomic mass is 9.86. The number of hydrogen-bond acceptors (Lipinski definition) is 4. The largest absolute Gasteiger partial charge is 0.494 e. The Bertz CT molecular complexity index is 978. The molecule has 0 saturated carbocycles. The van der Waals surface area contributed by atoms with E-state index in [-0.39, 0.29) is 17.4 Å². The van der Waals surface area contributed by atoms with Gasteiger partial charge < -0.3 is 10.1 Å². The van der Waals surface area contributed by atoms with Crippen LogP contribution in [0.2, 0.25) is 0 Å². The van der Waals surface area contributed by atoms with Gasteiger partial charge in [0.15, 0.2) is 0 Å². The fourth-order valence-corrected chi connectivity index (χ4v) is 4.53. The van der Waals surface area contributed by atoms with E-state index < -0.39 is 16.1 Å². The smallest absolute Gasteiger partial charge is 0.244 e. The molecule has 0 heterocycles. The Kier molecular flexibility index (Phi) is 7.76. The SMILES string of the molecule is CCOc1ccc(N([C@@H](C)C(=O)N[C@@H](C)c2ccc(C(C)(C)C)cc2)S(C)(=O)=O)cc1. The Morgan fingerprint density at radius 1 is 1.03 bits per heavy atom. The van der Waals surface area contributed by atoms with Gasteiger partial charge in [-0.25, -0.2) is 8.42 Å². The third kappa shape index (κ3) is 6.47. The van der Waals surface area contributed by atoms with Gasteiger partial charge in [-0.3, -0.25) is 9.10 Å². The molecule has 0 aromatic heterocycles. The number of sulfonamides is 1. The molecule has 0 spiro atoms. The lowest BCUT2D eigenvalue weighted by molar-refractivity contribution is -0.122. The third-order valence-corrected chi connectivity index (χ3v) is 6.37. The number of rotatable bonds is 8. The van der Waals surface area contributed by atoms with Gasteiger partial charge >= 0.3 is 0 Å². The van der Waals surface area contributed by atoms with Gasteiger partial charge in [0.1, 0.15) is 11.8 Å². The first-order valence-electron chi connectivity index (χ1n) is 10.5. The van der Waals surface area contributed by atoms with Gasteiger partial charge in [-0.05, 0) is 61.6 Å². The van der Waals surface area contributed by atoms with Gasteiger partial charge in [0.05, 0.1) is 24.6 Å². The van der Waals surface area contributed by atoms with Crippen molar-refractivity contribution in [3.63, 3.8) is 0 Å². The number of amides is 1. The summed E-state index contributed by atoms with van der Waals surface area (Å²) in [6.45, 7) is 12.3. The van der Waals surface area contributed by atoms with Crippen LogP contribution in [-0.2, 0) is 20.2 Å². The number of anilines is 1. The van der Waals surface area contributed by atoms with Crippen molar-refractivity contribution < 1.29 is 17.9 Å². The van der Waals surface area contributed by atoms with Gasteiger partial charge in [0, 0.05) is 0 Å². The highest BCUT2D eigenvalue weighted by atomic mass is 32.2. The molecule has 31 heavy (non-hydrogen) atoms. The fourth-order valence-electron chi connectivity index (χ4n) is 3.35. The zero-order chi connectivity index (χ0) is 23.4. The number of nitrogens with one attached hydrogen (secondary N) is 1. The maximum atomic E-state index is 12.9. The first-order valence-corrected chi connectivity index (χ1v) is 12.3. The predicted molar refractivity (Wildman–Crippen MR) is 126 cm³/mol. The second kappa shape index (κ2) is 9.73. The summed E-state index contributed by atoms with van der Waals surface area (Å²) in [6, 6.07) is 13.6. The zero-order valence-electron chi connectivity index (χ0n) is 19.5. The van der Waals surface area contributed by atoms with Crippen LogP contribution in [0.3, 0.4) is 0 Å². The van der Waals surface area contributed by atoms with E-state index in [0.29, 0.717) is 18.0 Å². The average molecular weight is 447 g/mol. The van der Waals surface area contributed by atoms with E-state index in [2.05, 4.69) is 38.2 Å². The molecule has 2 aromatic carbocycles. The van der Waals surface area contributed by atoms with Crippen molar-refractivity contribution in [2.75, 3.05) is 17.2 Å². The summed E-state index contributed by atoms with van der Waals surface area (Å²) in [5.74, 6) is 0.274. The number of hydrogen-bond donors (Lipinski definition) is 1. The van der Waals surface area contributed by atoms with Crippen LogP contribution in [0.5, 0.6) is 5.75 Å². The molecule has 0 saturated heterocycles. The molecule has 2 rings (SSSR count). The van der Waals surface area contributed by atoms with Crippen molar-refractivity contribution in [2.24, 2.45) is 0 Å². The summed E-state index contributed by atoms with van der Waals surface area (Å²) in [5, 5.41) is 2.94. The molecule has 0 aliphatic carbocycles. The van der Waals surface area contributed by atoms with Crippen LogP contribution in [0, 0.1) is 0 Å². The van der Waals surface area contributed by atoms with Crippen LogP contribution in [0.4, 0.5) is 5.69 Å². The first-order chi connectivity index (χ1) is 14.3. The second-order valence-electron chi connectivity index (χ2n) is 8.76. The number of ether oxygens (including phenoxy) is 1. The standard InChI is InChI=1S/C24H34N2O4S/c1-8-30-22-15-13-21(14-16-22)26(31(7,28)29)18(3)23(27)25-17(2)19-9-11-20(12-10-19)24(4,5)6/h9-18H,8H2,1-7H3,(H,25,27)/t17-,18-/m0/s1. The van der Waals surface area contributed by atoms with Crippen LogP contribution in [0.15, 0.2) is 48.5 Å². The van der Waals surface area contributed by atoms with Gasteiger partial charge in [0.2, 0.25) is 15.9 Å². The highest BCUT2D eigenvalue weighted by Gasteiger charge is 2.30. The normalized spacial score (nSPS) is 13.9. The van der Waals surface area contributed by atoms with Crippen molar-refractivity contribution in [2.45, 2.75) is 59.0 Å². The van der Waals surface area contributed by atoms with Crippen LogP contribution in [-0.4, -0.2) is 33.2 Å². The molecule has 0 radical (unpaired) electrons. The Morgan fingerprint density at radius 3 is 2.03 bits per heavy atom. The number of benzene rings is 2. The molecule has 0 aliphatic heterocycles. The Morgan fingerprint density at radius 2 is 1.58 bits per heavy atom. The van der Waals surface area contributed by atoms with Crippen LogP contribution in [0.1, 0.15) is 58.7 Å². The molecule has 1 N–H and O–H groups in total. The molecule has 0 fully saturated rings. The van der Waals surface area contributed by atoms with Gasteiger partial charge in [-0.2, -0.15) is 0 Å². The lowest BCUT2D eigenvalue weighted by Gasteiger charge is -2.29. The van der Waals surface area contributed by atoms with Crippen LogP contribution in [0.25, 0.3) is 0 Å². The van der Waals surface area contributed by atoms with Crippen molar-refractivity contribution >= 4 is 21.6 Å². The van der Waals surface area contributed by atoms with E-state index in [0.717, 1.165) is 16.1 Å². The summed E-state index contributed by atoms with van der Waals surface area (Å²) in [6.07, 6.45) is 1.10. The maximum absolute atomic E-state index is 12.9. The Balaban J connectivity index is 2.19. The van der Waals surface area contributed by atoms with E-state index >= 15 is 0 Å². The number of carbonyl (C=O) groups is 1. The molecule has 0 aliphatic rings. The maximum Gasteiger partial charge on any atom is 0.244 e. The minimum absolute atomic E-state index is 0.0488.